The van der Waals surface area contributed by atoms with E-state index in [1.807, 2.05) is 78.9 Å². The quantitative estimate of drug-likeness (QED) is 0.215. The number of hydrogen-bond acceptors (Lipinski definition) is 5. The number of nitrogens with zero attached hydrogens (tertiary/aromatic N) is 1. The fourth-order valence-corrected chi connectivity index (χ4v) is 4.61. The average molecular weight is 450 g/mol. The van der Waals surface area contributed by atoms with E-state index in [1.165, 1.54) is 11.3 Å². The summed E-state index contributed by atoms with van der Waals surface area (Å²) in [6.45, 7) is -0.322. The summed E-state index contributed by atoms with van der Waals surface area (Å²) < 4.78 is 6.43. The van der Waals surface area contributed by atoms with E-state index in [1.54, 1.807) is 24.3 Å². The number of esters is 1. The van der Waals surface area contributed by atoms with E-state index in [9.17, 15) is 9.59 Å². The van der Waals surface area contributed by atoms with Gasteiger partial charge in [0, 0.05) is 11.1 Å². The fraction of sp³-hybridized carbons (Fsp3) is 0.0357. The zero-order valence-corrected chi connectivity index (χ0v) is 18.4. The van der Waals surface area contributed by atoms with Gasteiger partial charge in [0.25, 0.3) is 0 Å². The Balaban J connectivity index is 1.30. The summed E-state index contributed by atoms with van der Waals surface area (Å²) >= 11 is 1.52. The molecule has 0 saturated carbocycles. The molecule has 0 amide bonds. The Morgan fingerprint density at radius 1 is 0.727 bits per heavy atom. The maximum atomic E-state index is 12.8. The highest BCUT2D eigenvalue weighted by atomic mass is 32.1. The van der Waals surface area contributed by atoms with Crippen LogP contribution in [0, 0.1) is 0 Å². The van der Waals surface area contributed by atoms with Crippen molar-refractivity contribution in [3.05, 3.63) is 114 Å². The maximum Gasteiger partial charge on any atom is 0.339 e. The lowest BCUT2D eigenvalue weighted by Crippen LogP contribution is -2.15. The third-order valence-corrected chi connectivity index (χ3v) is 6.39. The normalized spacial score (nSPS) is 10.8. The number of thiazole rings is 1. The molecule has 5 aromatic rings. The first kappa shape index (κ1) is 20.8. The second kappa shape index (κ2) is 9.18. The third-order valence-electron chi connectivity index (χ3n) is 5.32. The molecule has 0 N–H and O–H groups in total. The molecule has 1 aromatic heterocycles. The number of carbonyl (C=O) groups is 2. The molecule has 5 rings (SSSR count). The van der Waals surface area contributed by atoms with Crippen molar-refractivity contribution in [2.45, 2.75) is 0 Å². The van der Waals surface area contributed by atoms with E-state index in [-0.39, 0.29) is 12.4 Å². The van der Waals surface area contributed by atoms with Gasteiger partial charge in [0.2, 0.25) is 0 Å². The van der Waals surface area contributed by atoms with Gasteiger partial charge in [0.1, 0.15) is 5.01 Å². The predicted molar refractivity (Wildman–Crippen MR) is 132 cm³/mol. The first-order chi connectivity index (χ1) is 16.2. The number of ketones is 1. The standard InChI is InChI=1S/C28H19NO3S/c30-25(21-16-14-20(15-17-21)19-8-2-1-3-9-19)18-32-28(31)23-11-5-4-10-22(23)27-29-24-12-6-7-13-26(24)33-27/h1-17H,18H2. The van der Waals surface area contributed by atoms with Crippen LogP contribution in [0.5, 0.6) is 0 Å². The number of benzene rings is 4. The van der Waals surface area contributed by atoms with Gasteiger partial charge in [-0.25, -0.2) is 9.78 Å². The van der Waals surface area contributed by atoms with E-state index in [4.69, 9.17) is 4.74 Å². The molecule has 0 fully saturated rings. The van der Waals surface area contributed by atoms with Crippen molar-refractivity contribution in [1.82, 2.24) is 4.98 Å². The smallest absolute Gasteiger partial charge is 0.339 e. The topological polar surface area (TPSA) is 56.3 Å². The van der Waals surface area contributed by atoms with Crippen molar-refractivity contribution in [2.24, 2.45) is 0 Å². The van der Waals surface area contributed by atoms with E-state index >= 15 is 0 Å². The molecule has 5 heteroatoms. The van der Waals surface area contributed by atoms with E-state index < -0.39 is 5.97 Å². The molecule has 0 bridgehead atoms. The van der Waals surface area contributed by atoms with Crippen molar-refractivity contribution in [3.8, 4) is 21.7 Å². The Morgan fingerprint density at radius 2 is 1.39 bits per heavy atom. The van der Waals surface area contributed by atoms with Gasteiger partial charge in [-0.05, 0) is 29.3 Å². The van der Waals surface area contributed by atoms with Crippen LogP contribution in [0.2, 0.25) is 0 Å². The molecule has 0 atom stereocenters. The lowest BCUT2D eigenvalue weighted by atomic mass is 10.0. The molecular weight excluding hydrogens is 430 g/mol. The molecule has 0 radical (unpaired) electrons. The van der Waals surface area contributed by atoms with Gasteiger partial charge < -0.3 is 4.74 Å². The van der Waals surface area contributed by atoms with Crippen molar-refractivity contribution in [2.75, 3.05) is 6.61 Å². The van der Waals surface area contributed by atoms with Gasteiger partial charge in [-0.3, -0.25) is 4.79 Å². The molecular formula is C28H19NO3S. The van der Waals surface area contributed by atoms with Crippen molar-refractivity contribution in [1.29, 1.82) is 0 Å². The number of fused-ring (bicyclic) bond motifs is 1. The minimum Gasteiger partial charge on any atom is -0.454 e. The Hall–Kier alpha value is -4.09. The first-order valence-corrected chi connectivity index (χ1v) is 11.3. The van der Waals surface area contributed by atoms with Crippen LogP contribution >= 0.6 is 11.3 Å². The molecule has 4 nitrogen and oxygen atoms in total. The summed E-state index contributed by atoms with van der Waals surface area (Å²) in [5, 5.41) is 0.742. The minimum absolute atomic E-state index is 0.250. The van der Waals surface area contributed by atoms with Crippen molar-refractivity contribution in [3.63, 3.8) is 0 Å². The summed E-state index contributed by atoms with van der Waals surface area (Å²) in [7, 11) is 0. The number of ether oxygens (including phenoxy) is 1. The maximum absolute atomic E-state index is 12.8. The van der Waals surface area contributed by atoms with E-state index in [2.05, 4.69) is 4.98 Å². The zero-order chi connectivity index (χ0) is 22.6. The molecule has 0 unspecified atom stereocenters. The highest BCUT2D eigenvalue weighted by molar-refractivity contribution is 7.21. The van der Waals surface area contributed by atoms with Crippen molar-refractivity contribution >= 4 is 33.3 Å². The zero-order valence-electron chi connectivity index (χ0n) is 17.6. The first-order valence-electron chi connectivity index (χ1n) is 10.5. The molecule has 0 saturated heterocycles. The lowest BCUT2D eigenvalue weighted by molar-refractivity contribution is 0.0475. The summed E-state index contributed by atoms with van der Waals surface area (Å²) in [6.07, 6.45) is 0. The van der Waals surface area contributed by atoms with E-state index in [0.29, 0.717) is 16.7 Å². The van der Waals surface area contributed by atoms with E-state index in [0.717, 1.165) is 26.4 Å². The fourth-order valence-electron chi connectivity index (χ4n) is 3.61. The number of Topliss-reactive ketones (excluding diaryl/α,β-unsaturated/α-hetero) is 1. The lowest BCUT2D eigenvalue weighted by Gasteiger charge is -2.08. The van der Waals surface area contributed by atoms with Crippen LogP contribution in [0.25, 0.3) is 31.9 Å². The number of hydrogen-bond donors (Lipinski definition) is 0. The van der Waals surface area contributed by atoms with Gasteiger partial charge in [0.15, 0.2) is 12.4 Å². The number of aromatic nitrogens is 1. The second-order valence-corrected chi connectivity index (χ2v) is 8.51. The minimum atomic E-state index is -0.542. The Morgan fingerprint density at radius 3 is 2.18 bits per heavy atom. The largest absolute Gasteiger partial charge is 0.454 e. The Bertz CT molecular complexity index is 1410. The number of para-hydroxylation sites is 1. The molecule has 0 aliphatic carbocycles. The van der Waals surface area contributed by atoms with Crippen LogP contribution in [-0.4, -0.2) is 23.3 Å². The summed E-state index contributed by atoms with van der Waals surface area (Å²) in [5.74, 6) is -0.792. The molecule has 0 spiro atoms. The van der Waals surface area contributed by atoms with Gasteiger partial charge in [-0.2, -0.15) is 0 Å². The number of rotatable bonds is 6. The summed E-state index contributed by atoms with van der Waals surface area (Å²) in [5.41, 5.74) is 4.58. The Kier molecular flexibility index (Phi) is 5.79. The predicted octanol–water partition coefficient (Wildman–Crippen LogP) is 6.67. The SMILES string of the molecule is O=C(COC(=O)c1ccccc1-c1nc2ccccc2s1)c1ccc(-c2ccccc2)cc1. The van der Waals surface area contributed by atoms with Gasteiger partial charge in [0.05, 0.1) is 15.8 Å². The van der Waals surface area contributed by atoms with Gasteiger partial charge >= 0.3 is 5.97 Å². The summed E-state index contributed by atoms with van der Waals surface area (Å²) in [4.78, 5) is 30.1. The molecule has 4 aromatic carbocycles. The number of carbonyl (C=O) groups excluding carboxylic acids is 2. The molecule has 33 heavy (non-hydrogen) atoms. The van der Waals surface area contributed by atoms with Crippen molar-refractivity contribution < 1.29 is 14.3 Å². The van der Waals surface area contributed by atoms with Crippen LogP contribution < -0.4 is 0 Å². The monoisotopic (exact) mass is 449 g/mol. The summed E-state index contributed by atoms with van der Waals surface area (Å²) in [6, 6.07) is 32.3. The van der Waals surface area contributed by atoms with Crippen LogP contribution in [0.4, 0.5) is 0 Å². The average Bonchev–Trinajstić information content (AvgIpc) is 3.32. The third kappa shape index (κ3) is 4.45. The van der Waals surface area contributed by atoms with Crippen LogP contribution in [-0.2, 0) is 4.74 Å². The van der Waals surface area contributed by atoms with Gasteiger partial charge in [-0.1, -0.05) is 84.9 Å². The van der Waals surface area contributed by atoms with Crippen LogP contribution in [0.1, 0.15) is 20.7 Å². The molecule has 0 aliphatic rings. The van der Waals surface area contributed by atoms with Crippen LogP contribution in [0.15, 0.2) is 103 Å². The highest BCUT2D eigenvalue weighted by Crippen LogP contribution is 2.32. The highest BCUT2D eigenvalue weighted by Gasteiger charge is 2.18. The second-order valence-electron chi connectivity index (χ2n) is 7.48. The molecule has 1 heterocycles. The Labute approximate surface area is 195 Å². The molecule has 0 aliphatic heterocycles. The van der Waals surface area contributed by atoms with Gasteiger partial charge in [-0.15, -0.1) is 11.3 Å². The van der Waals surface area contributed by atoms with Crippen LogP contribution in [0.3, 0.4) is 0 Å². The molecule has 160 valence electrons.